The number of barbiturate groups is 2. The van der Waals surface area contributed by atoms with Gasteiger partial charge in [0, 0.05) is 12.1 Å². The molecule has 1 aromatic carbocycles. The number of nitrogens with one attached hydrogen (secondary N) is 2. The van der Waals surface area contributed by atoms with E-state index >= 15 is 0 Å². The van der Waals surface area contributed by atoms with Crippen LogP contribution in [-0.2, 0) is 19.2 Å². The van der Waals surface area contributed by atoms with E-state index < -0.39 is 53.5 Å². The van der Waals surface area contributed by atoms with E-state index in [0.29, 0.717) is 0 Å². The van der Waals surface area contributed by atoms with Gasteiger partial charge in [0.25, 0.3) is 17.5 Å². The average molecular weight is 405 g/mol. The highest BCUT2D eigenvalue weighted by Crippen LogP contribution is 2.08. The topological polar surface area (TPSA) is 201 Å². The largest absolute Gasteiger partial charge is 0.353 e. The Morgan fingerprint density at radius 1 is 0.793 bits per heavy atom. The summed E-state index contributed by atoms with van der Waals surface area (Å²) in [6.07, 6.45) is -1.24. The second kappa shape index (κ2) is 8.89. The molecule has 150 valence electrons. The first kappa shape index (κ1) is 20.7. The van der Waals surface area contributed by atoms with Crippen LogP contribution in [0.3, 0.4) is 0 Å². The van der Waals surface area contributed by atoms with E-state index in [9.17, 15) is 38.9 Å². The summed E-state index contributed by atoms with van der Waals surface area (Å²) in [6.45, 7) is 0. The predicted molar refractivity (Wildman–Crippen MR) is 88.0 cm³/mol. The lowest BCUT2D eigenvalue weighted by atomic mass is 10.3. The quantitative estimate of drug-likeness (QED) is 0.298. The lowest BCUT2D eigenvalue weighted by Crippen LogP contribution is -2.52. The van der Waals surface area contributed by atoms with Crippen molar-refractivity contribution in [3.05, 3.63) is 40.4 Å². The molecule has 0 aromatic heterocycles. The van der Waals surface area contributed by atoms with Crippen molar-refractivity contribution < 1.29 is 33.7 Å². The number of nitro benzene ring substituents is 1. The molecule has 0 atom stereocenters. The van der Waals surface area contributed by atoms with Gasteiger partial charge >= 0.3 is 12.1 Å². The number of hydrogen-bond donors (Lipinski definition) is 2. The van der Waals surface area contributed by atoms with Gasteiger partial charge in [-0.05, 0) is 10.4 Å². The Morgan fingerprint density at radius 2 is 1.21 bits per heavy atom. The van der Waals surface area contributed by atoms with Crippen molar-refractivity contribution in [3.63, 3.8) is 0 Å². The fourth-order valence-corrected chi connectivity index (χ4v) is 1.89. The molecule has 0 unspecified atom stereocenters. The Kier molecular flexibility index (Phi) is 6.36. The molecular formula is C14H11N7O8. The molecule has 2 aliphatic rings. The number of benzene rings is 1. The predicted octanol–water partition coefficient (Wildman–Crippen LogP) is -0.200. The summed E-state index contributed by atoms with van der Waals surface area (Å²) in [6, 6.07) is 5.62. The normalized spacial score (nSPS) is 17.0. The molecule has 8 amide bonds. The first-order chi connectivity index (χ1) is 13.7. The number of non-ortho nitro benzene ring substituents is 1. The van der Waals surface area contributed by atoms with Gasteiger partial charge in [-0.25, -0.2) is 9.59 Å². The van der Waals surface area contributed by atoms with E-state index in [-0.39, 0.29) is 15.7 Å². The van der Waals surface area contributed by atoms with E-state index in [1.54, 1.807) is 28.8 Å². The van der Waals surface area contributed by atoms with Gasteiger partial charge in [-0.1, -0.05) is 18.2 Å². The summed E-state index contributed by atoms with van der Waals surface area (Å²) in [7, 11) is 0. The number of carbonyl (C=O) groups excluding carboxylic acids is 6. The first-order valence-electron chi connectivity index (χ1n) is 7.63. The van der Waals surface area contributed by atoms with Crippen LogP contribution in [0, 0.1) is 10.1 Å². The number of amides is 8. The number of nitro groups is 1. The Hall–Kier alpha value is -4.56. The number of nitrogens with zero attached hydrogens (tertiary/aromatic N) is 5. The Balaban J connectivity index is 0.000000278. The molecule has 2 fully saturated rings. The van der Waals surface area contributed by atoms with Crippen molar-refractivity contribution in [2.45, 2.75) is 12.8 Å². The maximum Gasteiger partial charge on any atom is 0.353 e. The minimum Gasteiger partial charge on any atom is -0.276 e. The molecule has 3 rings (SSSR count). The van der Waals surface area contributed by atoms with E-state index in [2.05, 4.69) is 10.4 Å². The third kappa shape index (κ3) is 5.46. The molecule has 2 heterocycles. The molecule has 0 spiro atoms. The fourth-order valence-electron chi connectivity index (χ4n) is 1.89. The fraction of sp³-hybridized carbons (Fsp3) is 0.143. The van der Waals surface area contributed by atoms with Gasteiger partial charge in [0.1, 0.15) is 12.8 Å². The van der Waals surface area contributed by atoms with Crippen LogP contribution in [0.4, 0.5) is 15.3 Å². The minimum atomic E-state index is -1.16. The molecule has 0 radical (unpaired) electrons. The zero-order valence-electron chi connectivity index (χ0n) is 14.3. The number of hydrogen-bond acceptors (Lipinski definition) is 10. The summed E-state index contributed by atoms with van der Waals surface area (Å²) < 4.78 is 0. The molecule has 0 bridgehead atoms. The number of urea groups is 2. The van der Waals surface area contributed by atoms with Crippen LogP contribution >= 0.6 is 0 Å². The highest BCUT2D eigenvalue weighted by Gasteiger charge is 2.34. The maximum absolute atomic E-state index is 11.3. The van der Waals surface area contributed by atoms with Gasteiger partial charge in [0.2, 0.25) is 11.8 Å². The summed E-state index contributed by atoms with van der Waals surface area (Å²) in [4.78, 5) is 76.5. The Labute approximate surface area is 160 Å². The molecule has 29 heavy (non-hydrogen) atoms. The molecule has 0 aliphatic carbocycles. The number of para-hydroxylation sites is 1. The van der Waals surface area contributed by atoms with Crippen LogP contribution in [0.15, 0.2) is 40.8 Å². The number of carbonyl (C=O) groups is 6. The lowest BCUT2D eigenvalue weighted by molar-refractivity contribution is -0.384. The number of rotatable bonds is 3. The molecule has 15 nitrogen and oxygen atoms in total. The van der Waals surface area contributed by atoms with Crippen molar-refractivity contribution in [2.75, 3.05) is 0 Å². The van der Waals surface area contributed by atoms with E-state index in [4.69, 9.17) is 0 Å². The molecule has 2 saturated heterocycles. The van der Waals surface area contributed by atoms with E-state index in [0.717, 1.165) is 0 Å². The van der Waals surface area contributed by atoms with Gasteiger partial charge in [-0.2, -0.15) is 0 Å². The van der Waals surface area contributed by atoms with E-state index in [1.165, 1.54) is 12.1 Å². The van der Waals surface area contributed by atoms with Crippen LogP contribution in [-0.4, -0.2) is 50.6 Å². The highest BCUT2D eigenvalue weighted by atomic mass is 16.6. The van der Waals surface area contributed by atoms with Gasteiger partial charge in [0.05, 0.1) is 4.92 Å². The zero-order valence-corrected chi connectivity index (χ0v) is 14.3. The standard InChI is InChI=1S/C8H6N6O6.C6H5NO2/c15-3-1-5(17)13(7(19)9-3)11-12-14-6(18)2-4(16)10-8(14)20;8-7(9)6-4-2-1-3-5-6/h1-2H2,(H,9,15,19)(H,10,16,20);1-5H. The zero-order chi connectivity index (χ0) is 21.6. The van der Waals surface area contributed by atoms with Gasteiger partial charge in [-0.15, -0.1) is 10.0 Å². The summed E-state index contributed by atoms with van der Waals surface area (Å²) in [5.74, 6) is -3.54. The minimum absolute atomic E-state index is 0.137. The number of imide groups is 4. The molecule has 2 N–H and O–H groups in total. The third-order valence-corrected chi connectivity index (χ3v) is 3.16. The van der Waals surface area contributed by atoms with Crippen LogP contribution in [0.2, 0.25) is 0 Å². The molecule has 1 aromatic rings. The third-order valence-electron chi connectivity index (χ3n) is 3.16. The van der Waals surface area contributed by atoms with Crippen molar-refractivity contribution in [1.82, 2.24) is 20.7 Å². The second-order valence-corrected chi connectivity index (χ2v) is 5.24. The van der Waals surface area contributed by atoms with Crippen molar-refractivity contribution >= 4 is 41.4 Å². The van der Waals surface area contributed by atoms with Crippen LogP contribution in [0.25, 0.3) is 0 Å². The van der Waals surface area contributed by atoms with E-state index in [1.807, 2.05) is 0 Å². The monoisotopic (exact) mass is 405 g/mol. The lowest BCUT2D eigenvalue weighted by Gasteiger charge is -2.21. The highest BCUT2D eigenvalue weighted by molar-refractivity contribution is 6.14. The summed E-state index contributed by atoms with van der Waals surface area (Å²) >= 11 is 0. The van der Waals surface area contributed by atoms with Gasteiger partial charge < -0.3 is 0 Å². The molecule has 2 aliphatic heterocycles. The van der Waals surface area contributed by atoms with Crippen molar-refractivity contribution in [3.8, 4) is 0 Å². The Morgan fingerprint density at radius 3 is 1.52 bits per heavy atom. The van der Waals surface area contributed by atoms with Gasteiger partial charge in [0.15, 0.2) is 0 Å². The van der Waals surface area contributed by atoms with Crippen molar-refractivity contribution in [1.29, 1.82) is 0 Å². The van der Waals surface area contributed by atoms with Crippen LogP contribution in [0.1, 0.15) is 12.8 Å². The second-order valence-electron chi connectivity index (χ2n) is 5.24. The molecule has 15 heteroatoms. The van der Waals surface area contributed by atoms with Crippen LogP contribution in [0.5, 0.6) is 0 Å². The smallest absolute Gasteiger partial charge is 0.276 e. The summed E-state index contributed by atoms with van der Waals surface area (Å²) in [5, 5.41) is 20.2. The van der Waals surface area contributed by atoms with Crippen molar-refractivity contribution in [2.24, 2.45) is 10.4 Å². The average Bonchev–Trinajstić information content (AvgIpc) is 2.63. The molecular weight excluding hydrogens is 394 g/mol. The van der Waals surface area contributed by atoms with Crippen LogP contribution < -0.4 is 10.6 Å². The summed E-state index contributed by atoms with van der Waals surface area (Å²) in [5.41, 5.74) is 0.137. The SMILES string of the molecule is O=C1CC(=O)N(N=NN2C(=O)CC(=O)NC2=O)C(=O)N1.O=[N+]([O-])c1ccccc1. The molecule has 0 saturated carbocycles. The van der Waals surface area contributed by atoms with Gasteiger partial charge in [-0.3, -0.25) is 39.9 Å². The Bertz CT molecular complexity index is 839. The maximum atomic E-state index is 11.3. The first-order valence-corrected chi connectivity index (χ1v) is 7.63.